The molecule has 92 valence electrons. The SMILES string of the molecule is CCN1CCCCC1CNC(=O)C1CNC1. The fourth-order valence-corrected chi connectivity index (χ4v) is 2.54. The number of hydrogen-bond donors (Lipinski definition) is 2. The lowest BCUT2D eigenvalue weighted by molar-refractivity contribution is -0.126. The lowest BCUT2D eigenvalue weighted by Crippen LogP contribution is -2.53. The van der Waals surface area contributed by atoms with Gasteiger partial charge in [0.25, 0.3) is 0 Å². The second kappa shape index (κ2) is 5.64. The molecule has 0 radical (unpaired) electrons. The van der Waals surface area contributed by atoms with Crippen molar-refractivity contribution in [2.24, 2.45) is 5.92 Å². The third-order valence-corrected chi connectivity index (χ3v) is 3.82. The second-order valence-corrected chi connectivity index (χ2v) is 4.88. The third-order valence-electron chi connectivity index (χ3n) is 3.82. The first kappa shape index (κ1) is 11.9. The van der Waals surface area contributed by atoms with E-state index in [-0.39, 0.29) is 11.8 Å². The van der Waals surface area contributed by atoms with Gasteiger partial charge >= 0.3 is 0 Å². The van der Waals surface area contributed by atoms with Crippen LogP contribution in [0.3, 0.4) is 0 Å². The number of piperidine rings is 1. The van der Waals surface area contributed by atoms with Gasteiger partial charge in [-0.25, -0.2) is 0 Å². The Hall–Kier alpha value is -0.610. The van der Waals surface area contributed by atoms with Crippen molar-refractivity contribution in [1.29, 1.82) is 0 Å². The number of nitrogens with one attached hydrogen (secondary N) is 2. The first-order valence-electron chi connectivity index (χ1n) is 6.53. The van der Waals surface area contributed by atoms with Crippen LogP contribution in [0.5, 0.6) is 0 Å². The lowest BCUT2D eigenvalue weighted by Gasteiger charge is -2.35. The van der Waals surface area contributed by atoms with Gasteiger partial charge in [0, 0.05) is 25.7 Å². The van der Waals surface area contributed by atoms with Crippen molar-refractivity contribution in [2.75, 3.05) is 32.7 Å². The highest BCUT2D eigenvalue weighted by molar-refractivity contribution is 5.80. The summed E-state index contributed by atoms with van der Waals surface area (Å²) in [7, 11) is 0. The van der Waals surface area contributed by atoms with E-state index in [0.717, 1.165) is 26.2 Å². The molecule has 0 aromatic carbocycles. The van der Waals surface area contributed by atoms with E-state index in [2.05, 4.69) is 22.5 Å². The fourth-order valence-electron chi connectivity index (χ4n) is 2.54. The van der Waals surface area contributed by atoms with Crippen LogP contribution < -0.4 is 10.6 Å². The number of hydrogen-bond acceptors (Lipinski definition) is 3. The zero-order valence-electron chi connectivity index (χ0n) is 10.2. The maximum atomic E-state index is 11.7. The molecule has 2 heterocycles. The van der Waals surface area contributed by atoms with E-state index in [1.54, 1.807) is 0 Å². The van der Waals surface area contributed by atoms with E-state index < -0.39 is 0 Å². The molecule has 4 nitrogen and oxygen atoms in total. The molecule has 1 amide bonds. The molecule has 2 saturated heterocycles. The van der Waals surface area contributed by atoms with Gasteiger partial charge in [-0.15, -0.1) is 0 Å². The smallest absolute Gasteiger partial charge is 0.225 e. The maximum Gasteiger partial charge on any atom is 0.225 e. The van der Waals surface area contributed by atoms with E-state index in [0.29, 0.717) is 6.04 Å². The number of amides is 1. The Morgan fingerprint density at radius 2 is 2.25 bits per heavy atom. The van der Waals surface area contributed by atoms with Crippen LogP contribution in [-0.2, 0) is 4.79 Å². The Kier molecular flexibility index (Phi) is 4.18. The summed E-state index contributed by atoms with van der Waals surface area (Å²) in [5.74, 6) is 0.457. The Labute approximate surface area is 97.8 Å². The second-order valence-electron chi connectivity index (χ2n) is 4.88. The topological polar surface area (TPSA) is 44.4 Å². The molecule has 2 aliphatic heterocycles. The highest BCUT2D eigenvalue weighted by atomic mass is 16.2. The molecule has 4 heteroatoms. The van der Waals surface area contributed by atoms with Gasteiger partial charge in [-0.05, 0) is 25.9 Å². The number of carbonyl (C=O) groups is 1. The minimum atomic E-state index is 0.221. The molecule has 2 rings (SSSR count). The summed E-state index contributed by atoms with van der Waals surface area (Å²) in [4.78, 5) is 14.2. The first-order valence-corrected chi connectivity index (χ1v) is 6.53. The average Bonchev–Trinajstić information content (AvgIpc) is 2.24. The molecule has 1 atom stereocenters. The molecule has 1 unspecified atom stereocenters. The Morgan fingerprint density at radius 1 is 1.44 bits per heavy atom. The number of likely N-dealkylation sites (tertiary alicyclic amines) is 1. The average molecular weight is 225 g/mol. The van der Waals surface area contributed by atoms with Crippen LogP contribution in [0.25, 0.3) is 0 Å². The molecule has 0 bridgehead atoms. The summed E-state index contributed by atoms with van der Waals surface area (Å²) >= 11 is 0. The molecule has 2 fully saturated rings. The van der Waals surface area contributed by atoms with E-state index in [1.165, 1.54) is 25.8 Å². The standard InChI is InChI=1S/C12H23N3O/c1-2-15-6-4-3-5-11(15)9-14-12(16)10-7-13-8-10/h10-11,13H,2-9H2,1H3,(H,14,16). The van der Waals surface area contributed by atoms with Crippen LogP contribution >= 0.6 is 0 Å². The zero-order valence-corrected chi connectivity index (χ0v) is 10.2. The summed E-state index contributed by atoms with van der Waals surface area (Å²) in [5, 5.41) is 6.23. The first-order chi connectivity index (χ1) is 7.81. The van der Waals surface area contributed by atoms with E-state index in [9.17, 15) is 4.79 Å². The molecule has 2 aliphatic rings. The summed E-state index contributed by atoms with van der Waals surface area (Å²) in [6.07, 6.45) is 3.85. The number of nitrogens with zero attached hydrogens (tertiary/aromatic N) is 1. The number of likely N-dealkylation sites (N-methyl/N-ethyl adjacent to an activating group) is 1. The molecule has 16 heavy (non-hydrogen) atoms. The Bertz CT molecular complexity index is 240. The van der Waals surface area contributed by atoms with Gasteiger partial charge in [-0.2, -0.15) is 0 Å². The number of carbonyl (C=O) groups excluding carboxylic acids is 1. The van der Waals surface area contributed by atoms with Crippen LogP contribution in [0.2, 0.25) is 0 Å². The monoisotopic (exact) mass is 225 g/mol. The third kappa shape index (κ3) is 2.74. The minimum absolute atomic E-state index is 0.221. The van der Waals surface area contributed by atoms with Gasteiger partial charge in [-0.1, -0.05) is 13.3 Å². The fraction of sp³-hybridized carbons (Fsp3) is 0.917. The molecule has 0 spiro atoms. The van der Waals surface area contributed by atoms with Crippen molar-refractivity contribution < 1.29 is 4.79 Å². The molecular formula is C12H23N3O. The van der Waals surface area contributed by atoms with Gasteiger partial charge < -0.3 is 10.6 Å². The molecule has 2 N–H and O–H groups in total. The van der Waals surface area contributed by atoms with E-state index in [4.69, 9.17) is 0 Å². The van der Waals surface area contributed by atoms with Gasteiger partial charge in [-0.3, -0.25) is 9.69 Å². The van der Waals surface area contributed by atoms with Crippen LogP contribution in [0, 0.1) is 5.92 Å². The molecular weight excluding hydrogens is 202 g/mol. The quantitative estimate of drug-likeness (QED) is 0.718. The summed E-state index contributed by atoms with van der Waals surface area (Å²) < 4.78 is 0. The van der Waals surface area contributed by atoms with Crippen molar-refractivity contribution >= 4 is 5.91 Å². The van der Waals surface area contributed by atoms with Crippen LogP contribution in [0.15, 0.2) is 0 Å². The summed E-state index contributed by atoms with van der Waals surface area (Å²) in [6.45, 7) is 7.05. The van der Waals surface area contributed by atoms with E-state index >= 15 is 0 Å². The van der Waals surface area contributed by atoms with Gasteiger partial charge in [0.15, 0.2) is 0 Å². The zero-order chi connectivity index (χ0) is 11.4. The minimum Gasteiger partial charge on any atom is -0.354 e. The van der Waals surface area contributed by atoms with Crippen molar-refractivity contribution in [2.45, 2.75) is 32.2 Å². The maximum absolute atomic E-state index is 11.7. The van der Waals surface area contributed by atoms with Crippen molar-refractivity contribution in [1.82, 2.24) is 15.5 Å². The van der Waals surface area contributed by atoms with Crippen LogP contribution in [0.4, 0.5) is 0 Å². The highest BCUT2D eigenvalue weighted by Gasteiger charge is 2.26. The Morgan fingerprint density at radius 3 is 2.88 bits per heavy atom. The summed E-state index contributed by atoms with van der Waals surface area (Å²) in [5.41, 5.74) is 0. The molecule has 0 aliphatic carbocycles. The van der Waals surface area contributed by atoms with Gasteiger partial charge in [0.2, 0.25) is 5.91 Å². The largest absolute Gasteiger partial charge is 0.354 e. The molecule has 0 saturated carbocycles. The number of rotatable bonds is 4. The Balaban J connectivity index is 1.72. The van der Waals surface area contributed by atoms with Crippen molar-refractivity contribution in [3.05, 3.63) is 0 Å². The van der Waals surface area contributed by atoms with Crippen molar-refractivity contribution in [3.8, 4) is 0 Å². The van der Waals surface area contributed by atoms with Crippen LogP contribution in [-0.4, -0.2) is 49.6 Å². The van der Waals surface area contributed by atoms with E-state index in [1.807, 2.05) is 0 Å². The van der Waals surface area contributed by atoms with Crippen molar-refractivity contribution in [3.63, 3.8) is 0 Å². The predicted octanol–water partition coefficient (Wildman–Crippen LogP) is 0.196. The van der Waals surface area contributed by atoms with Crippen LogP contribution in [0.1, 0.15) is 26.2 Å². The van der Waals surface area contributed by atoms with Gasteiger partial charge in [0.1, 0.15) is 0 Å². The molecule has 0 aromatic heterocycles. The summed E-state index contributed by atoms with van der Waals surface area (Å²) in [6, 6.07) is 0.565. The normalized spacial score (nSPS) is 27.4. The lowest BCUT2D eigenvalue weighted by atomic mass is 10.0. The predicted molar refractivity (Wildman–Crippen MR) is 64.3 cm³/mol. The van der Waals surface area contributed by atoms with Gasteiger partial charge in [0.05, 0.1) is 5.92 Å². The molecule has 0 aromatic rings. The highest BCUT2D eigenvalue weighted by Crippen LogP contribution is 2.16.